The van der Waals surface area contributed by atoms with Gasteiger partial charge in [-0.15, -0.1) is 0 Å². The molecule has 1 N–H and O–H groups in total. The number of hydrogen-bond acceptors (Lipinski definition) is 2. The summed E-state index contributed by atoms with van der Waals surface area (Å²) in [6, 6.07) is 4.06. The van der Waals surface area contributed by atoms with E-state index >= 15 is 0 Å². The van der Waals surface area contributed by atoms with Gasteiger partial charge in [0.25, 0.3) is 0 Å². The van der Waals surface area contributed by atoms with Gasteiger partial charge in [0, 0.05) is 12.7 Å². The third-order valence-electron chi connectivity index (χ3n) is 1.92. The Balaban J connectivity index is 2.35. The molecule has 0 fully saturated rings. The molecule has 1 aromatic heterocycles. The Bertz CT molecular complexity index is 312. The maximum atomic E-state index is 4.22. The lowest BCUT2D eigenvalue weighted by atomic mass is 10.2. The van der Waals surface area contributed by atoms with Gasteiger partial charge in [-0.2, -0.15) is 0 Å². The van der Waals surface area contributed by atoms with Crippen LogP contribution < -0.4 is 5.32 Å². The molecule has 0 aliphatic rings. The number of aromatic nitrogens is 1. The maximum absolute atomic E-state index is 4.22. The topological polar surface area (TPSA) is 24.9 Å². The van der Waals surface area contributed by atoms with E-state index in [9.17, 15) is 0 Å². The summed E-state index contributed by atoms with van der Waals surface area (Å²) in [5.74, 6) is 0.965. The first-order chi connectivity index (χ1) is 6.68. The van der Waals surface area contributed by atoms with Gasteiger partial charge in [-0.3, -0.25) is 0 Å². The van der Waals surface area contributed by atoms with Gasteiger partial charge in [0.1, 0.15) is 5.82 Å². The van der Waals surface area contributed by atoms with Crippen molar-refractivity contribution in [3.63, 3.8) is 0 Å². The van der Waals surface area contributed by atoms with E-state index in [0.717, 1.165) is 18.8 Å². The Morgan fingerprint density at radius 2 is 2.29 bits per heavy atom. The molecule has 0 aromatic carbocycles. The molecule has 2 heteroatoms. The smallest absolute Gasteiger partial charge is 0.126 e. The average Bonchev–Trinajstić information content (AvgIpc) is 2.12. The van der Waals surface area contributed by atoms with E-state index in [2.05, 4.69) is 43.2 Å². The van der Waals surface area contributed by atoms with Crippen LogP contribution in [0.1, 0.15) is 25.8 Å². The fourth-order valence-electron chi connectivity index (χ4n) is 1.19. The van der Waals surface area contributed by atoms with E-state index in [-0.39, 0.29) is 0 Å². The van der Waals surface area contributed by atoms with Gasteiger partial charge in [0.15, 0.2) is 0 Å². The Morgan fingerprint density at radius 1 is 1.50 bits per heavy atom. The van der Waals surface area contributed by atoms with E-state index in [4.69, 9.17) is 0 Å². The van der Waals surface area contributed by atoms with Crippen LogP contribution in [-0.4, -0.2) is 11.5 Å². The van der Waals surface area contributed by atoms with E-state index in [1.165, 1.54) is 11.1 Å². The number of nitrogens with zero attached hydrogens (tertiary/aromatic N) is 1. The number of allylic oxidation sites excluding steroid dienone is 1. The SMILES string of the molecule is CC(C)=CCCNc1cc(C)ccn1. The lowest BCUT2D eigenvalue weighted by Gasteiger charge is -2.03. The molecule has 2 nitrogen and oxygen atoms in total. The normalized spacial score (nSPS) is 9.64. The summed E-state index contributed by atoms with van der Waals surface area (Å²) in [7, 11) is 0. The zero-order valence-corrected chi connectivity index (χ0v) is 9.17. The van der Waals surface area contributed by atoms with Crippen LogP contribution in [0.5, 0.6) is 0 Å². The Kier molecular flexibility index (Phi) is 4.17. The second-order valence-electron chi connectivity index (χ2n) is 3.72. The number of rotatable bonds is 4. The van der Waals surface area contributed by atoms with Gasteiger partial charge in [0.2, 0.25) is 0 Å². The minimum atomic E-state index is 0.946. The summed E-state index contributed by atoms with van der Waals surface area (Å²) in [4.78, 5) is 4.22. The molecule has 1 heterocycles. The van der Waals surface area contributed by atoms with E-state index in [1.807, 2.05) is 12.3 Å². The molecule has 0 aliphatic heterocycles. The minimum absolute atomic E-state index is 0.946. The predicted molar refractivity (Wildman–Crippen MR) is 61.5 cm³/mol. The van der Waals surface area contributed by atoms with E-state index in [0.29, 0.717) is 0 Å². The van der Waals surface area contributed by atoms with Crippen LogP contribution in [-0.2, 0) is 0 Å². The molecule has 1 rings (SSSR count). The minimum Gasteiger partial charge on any atom is -0.370 e. The van der Waals surface area contributed by atoms with Gasteiger partial charge in [0.05, 0.1) is 0 Å². The number of hydrogen-bond donors (Lipinski definition) is 1. The van der Waals surface area contributed by atoms with Crippen molar-refractivity contribution in [3.8, 4) is 0 Å². The van der Waals surface area contributed by atoms with Gasteiger partial charge >= 0.3 is 0 Å². The van der Waals surface area contributed by atoms with Crippen LogP contribution in [0.3, 0.4) is 0 Å². The fourth-order valence-corrected chi connectivity index (χ4v) is 1.19. The van der Waals surface area contributed by atoms with E-state index in [1.54, 1.807) is 0 Å². The van der Waals surface area contributed by atoms with Crippen molar-refractivity contribution in [3.05, 3.63) is 35.5 Å². The number of nitrogens with one attached hydrogen (secondary N) is 1. The molecule has 0 spiro atoms. The first kappa shape index (κ1) is 10.8. The summed E-state index contributed by atoms with van der Waals surface area (Å²) in [6.07, 6.45) is 5.11. The molecule has 76 valence electrons. The van der Waals surface area contributed by atoms with Gasteiger partial charge in [-0.05, 0) is 44.9 Å². The fraction of sp³-hybridized carbons (Fsp3) is 0.417. The van der Waals surface area contributed by atoms with Gasteiger partial charge < -0.3 is 5.32 Å². The van der Waals surface area contributed by atoms with Crippen LogP contribution in [0.15, 0.2) is 30.0 Å². The molecule has 1 aromatic rings. The molecule has 0 saturated carbocycles. The van der Waals surface area contributed by atoms with Crippen molar-refractivity contribution in [2.24, 2.45) is 0 Å². The number of pyridine rings is 1. The molecule has 0 radical (unpaired) electrons. The Hall–Kier alpha value is -1.31. The summed E-state index contributed by atoms with van der Waals surface area (Å²) in [6.45, 7) is 7.25. The van der Waals surface area contributed by atoms with Crippen molar-refractivity contribution >= 4 is 5.82 Å². The monoisotopic (exact) mass is 190 g/mol. The van der Waals surface area contributed by atoms with E-state index < -0.39 is 0 Å². The molecular formula is C12H18N2. The summed E-state index contributed by atoms with van der Waals surface area (Å²) in [5.41, 5.74) is 2.61. The summed E-state index contributed by atoms with van der Waals surface area (Å²) in [5, 5.41) is 3.29. The standard InChI is InChI=1S/C12H18N2/c1-10(2)5-4-7-13-12-9-11(3)6-8-14-12/h5-6,8-9H,4,7H2,1-3H3,(H,13,14). The van der Waals surface area contributed by atoms with Crippen LogP contribution in [0.2, 0.25) is 0 Å². The quantitative estimate of drug-likeness (QED) is 0.582. The second-order valence-corrected chi connectivity index (χ2v) is 3.72. The molecular weight excluding hydrogens is 172 g/mol. The third-order valence-corrected chi connectivity index (χ3v) is 1.92. The largest absolute Gasteiger partial charge is 0.370 e. The highest BCUT2D eigenvalue weighted by Gasteiger charge is 1.91. The molecule has 0 bridgehead atoms. The zero-order chi connectivity index (χ0) is 10.4. The summed E-state index contributed by atoms with van der Waals surface area (Å²) >= 11 is 0. The van der Waals surface area contributed by atoms with Gasteiger partial charge in [-0.1, -0.05) is 11.6 Å². The van der Waals surface area contributed by atoms with Crippen LogP contribution in [0, 0.1) is 6.92 Å². The van der Waals surface area contributed by atoms with Crippen molar-refractivity contribution in [2.45, 2.75) is 27.2 Å². The Morgan fingerprint density at radius 3 is 2.93 bits per heavy atom. The first-order valence-corrected chi connectivity index (χ1v) is 4.98. The van der Waals surface area contributed by atoms with Crippen molar-refractivity contribution in [2.75, 3.05) is 11.9 Å². The maximum Gasteiger partial charge on any atom is 0.126 e. The number of anilines is 1. The zero-order valence-electron chi connectivity index (χ0n) is 9.17. The van der Waals surface area contributed by atoms with Crippen molar-refractivity contribution < 1.29 is 0 Å². The highest BCUT2D eigenvalue weighted by molar-refractivity contribution is 5.36. The third kappa shape index (κ3) is 4.08. The van der Waals surface area contributed by atoms with Crippen LogP contribution >= 0.6 is 0 Å². The molecule has 0 unspecified atom stereocenters. The molecule has 0 atom stereocenters. The Labute approximate surface area is 86.1 Å². The van der Waals surface area contributed by atoms with Crippen molar-refractivity contribution in [1.82, 2.24) is 4.98 Å². The second kappa shape index (κ2) is 5.43. The highest BCUT2D eigenvalue weighted by atomic mass is 15.0. The number of aryl methyl sites for hydroxylation is 1. The molecule has 14 heavy (non-hydrogen) atoms. The summed E-state index contributed by atoms with van der Waals surface area (Å²) < 4.78 is 0. The van der Waals surface area contributed by atoms with Gasteiger partial charge in [-0.25, -0.2) is 4.98 Å². The molecule has 0 amide bonds. The van der Waals surface area contributed by atoms with Crippen LogP contribution in [0.4, 0.5) is 5.82 Å². The lowest BCUT2D eigenvalue weighted by Crippen LogP contribution is -2.02. The van der Waals surface area contributed by atoms with Crippen LogP contribution in [0.25, 0.3) is 0 Å². The molecule has 0 aliphatic carbocycles. The predicted octanol–water partition coefficient (Wildman–Crippen LogP) is 3.16. The molecule has 0 saturated heterocycles. The van der Waals surface area contributed by atoms with Crippen molar-refractivity contribution in [1.29, 1.82) is 0 Å². The average molecular weight is 190 g/mol. The first-order valence-electron chi connectivity index (χ1n) is 4.98. The lowest BCUT2D eigenvalue weighted by molar-refractivity contribution is 1.03. The highest BCUT2D eigenvalue weighted by Crippen LogP contribution is 2.05.